The Hall–Kier alpha value is -2.22. The molecule has 0 spiro atoms. The maximum Gasteiger partial charge on any atom is 0.329 e. The molecule has 0 aromatic carbocycles. The van der Waals surface area contributed by atoms with Crippen molar-refractivity contribution in [1.82, 2.24) is 9.97 Å². The van der Waals surface area contributed by atoms with Crippen molar-refractivity contribution in [3.05, 3.63) is 28.5 Å². The lowest BCUT2D eigenvalue weighted by molar-refractivity contribution is -0.384. The van der Waals surface area contributed by atoms with E-state index in [-0.39, 0.29) is 17.5 Å². The zero-order valence-electron chi connectivity index (χ0n) is 10.0. The Morgan fingerprint density at radius 3 is 3.00 bits per heavy atom. The second-order valence-corrected chi connectivity index (χ2v) is 3.66. The smallest absolute Gasteiger partial charge is 0.329 e. The van der Waals surface area contributed by atoms with Crippen LogP contribution in [0.5, 0.6) is 0 Å². The molecule has 0 bridgehead atoms. The van der Waals surface area contributed by atoms with E-state index in [0.717, 1.165) is 11.8 Å². The van der Waals surface area contributed by atoms with Crippen molar-refractivity contribution in [2.45, 2.75) is 6.92 Å². The average molecular weight is 253 g/mol. The molecule has 0 aliphatic heterocycles. The van der Waals surface area contributed by atoms with Crippen LogP contribution in [0.15, 0.2) is 18.3 Å². The van der Waals surface area contributed by atoms with Gasteiger partial charge in [0.1, 0.15) is 6.20 Å². The van der Waals surface area contributed by atoms with Crippen molar-refractivity contribution in [2.24, 2.45) is 0 Å². The highest BCUT2D eigenvalue weighted by molar-refractivity contribution is 5.53. The van der Waals surface area contributed by atoms with Crippen LogP contribution >= 0.6 is 0 Å². The number of hydrogen-bond donors (Lipinski definition) is 2. The van der Waals surface area contributed by atoms with Crippen molar-refractivity contribution < 1.29 is 9.66 Å². The van der Waals surface area contributed by atoms with Gasteiger partial charge in [-0.15, -0.1) is 0 Å². The molecule has 18 heavy (non-hydrogen) atoms. The SMILES string of the molecule is C=C(C)COCCNc1ncc([N+](=O)[O-])c(N)n1. The van der Waals surface area contributed by atoms with E-state index in [0.29, 0.717) is 19.8 Å². The third-order valence-corrected chi connectivity index (χ3v) is 1.87. The van der Waals surface area contributed by atoms with Gasteiger partial charge in [0.2, 0.25) is 11.8 Å². The molecule has 0 radical (unpaired) electrons. The average Bonchev–Trinajstić information content (AvgIpc) is 2.27. The molecular weight excluding hydrogens is 238 g/mol. The summed E-state index contributed by atoms with van der Waals surface area (Å²) in [6.07, 6.45) is 1.07. The molecule has 1 aromatic heterocycles. The molecule has 0 saturated heterocycles. The topological polar surface area (TPSA) is 116 Å². The van der Waals surface area contributed by atoms with E-state index >= 15 is 0 Å². The summed E-state index contributed by atoms with van der Waals surface area (Å²) in [5.41, 5.74) is 6.05. The first-order valence-corrected chi connectivity index (χ1v) is 5.23. The van der Waals surface area contributed by atoms with Crippen LogP contribution in [0.2, 0.25) is 0 Å². The summed E-state index contributed by atoms with van der Waals surface area (Å²) in [4.78, 5) is 17.4. The highest BCUT2D eigenvalue weighted by atomic mass is 16.6. The maximum absolute atomic E-state index is 10.5. The minimum absolute atomic E-state index is 0.166. The van der Waals surface area contributed by atoms with E-state index in [1.54, 1.807) is 0 Å². The third kappa shape index (κ3) is 4.34. The molecule has 0 aliphatic rings. The van der Waals surface area contributed by atoms with Gasteiger partial charge >= 0.3 is 5.69 Å². The minimum atomic E-state index is -0.630. The third-order valence-electron chi connectivity index (χ3n) is 1.87. The molecule has 3 N–H and O–H groups in total. The van der Waals surface area contributed by atoms with Gasteiger partial charge in [0.25, 0.3) is 0 Å². The lowest BCUT2D eigenvalue weighted by Crippen LogP contribution is -2.13. The molecule has 0 aliphatic carbocycles. The summed E-state index contributed by atoms with van der Waals surface area (Å²) in [5, 5.41) is 13.3. The summed E-state index contributed by atoms with van der Waals surface area (Å²) < 4.78 is 5.25. The maximum atomic E-state index is 10.5. The number of aromatic nitrogens is 2. The summed E-state index contributed by atoms with van der Waals surface area (Å²) in [5.74, 6) is 0.0670. The number of nitrogen functional groups attached to an aromatic ring is 1. The van der Waals surface area contributed by atoms with Gasteiger partial charge in [0, 0.05) is 6.54 Å². The van der Waals surface area contributed by atoms with Crippen molar-refractivity contribution >= 4 is 17.5 Å². The van der Waals surface area contributed by atoms with E-state index in [9.17, 15) is 10.1 Å². The van der Waals surface area contributed by atoms with Gasteiger partial charge in [-0.1, -0.05) is 12.2 Å². The molecule has 1 rings (SSSR count). The molecule has 1 aromatic rings. The van der Waals surface area contributed by atoms with Crippen LogP contribution < -0.4 is 11.1 Å². The monoisotopic (exact) mass is 253 g/mol. The largest absolute Gasteiger partial charge is 0.378 e. The Bertz CT molecular complexity index is 449. The van der Waals surface area contributed by atoms with Crippen LogP contribution in [0, 0.1) is 10.1 Å². The quantitative estimate of drug-likeness (QED) is 0.322. The number of rotatable bonds is 7. The number of hydrogen-bond acceptors (Lipinski definition) is 7. The fourth-order valence-electron chi connectivity index (χ4n) is 1.10. The highest BCUT2D eigenvalue weighted by Crippen LogP contribution is 2.17. The molecular formula is C10H15N5O3. The van der Waals surface area contributed by atoms with Crippen molar-refractivity contribution in [2.75, 3.05) is 30.8 Å². The molecule has 1 heterocycles. The Morgan fingerprint density at radius 1 is 1.72 bits per heavy atom. The zero-order chi connectivity index (χ0) is 13.5. The minimum Gasteiger partial charge on any atom is -0.378 e. The van der Waals surface area contributed by atoms with Crippen molar-refractivity contribution in [3.63, 3.8) is 0 Å². The van der Waals surface area contributed by atoms with Crippen LogP contribution in [0.1, 0.15) is 6.92 Å². The standard InChI is InChI=1S/C10H15N5O3/c1-7(2)6-18-4-3-12-10-13-5-8(15(16)17)9(11)14-10/h5H,1,3-4,6H2,2H3,(H3,11,12,13,14). The van der Waals surface area contributed by atoms with Gasteiger partial charge < -0.3 is 15.8 Å². The van der Waals surface area contributed by atoms with Gasteiger partial charge in [-0.3, -0.25) is 10.1 Å². The number of nitrogens with two attached hydrogens (primary N) is 1. The van der Waals surface area contributed by atoms with Crippen molar-refractivity contribution in [3.8, 4) is 0 Å². The second kappa shape index (κ2) is 6.50. The van der Waals surface area contributed by atoms with Crippen LogP contribution in [0.25, 0.3) is 0 Å². The molecule has 8 heteroatoms. The fourth-order valence-corrected chi connectivity index (χ4v) is 1.10. The Kier molecular flexibility index (Phi) is 5.00. The molecule has 98 valence electrons. The zero-order valence-corrected chi connectivity index (χ0v) is 10.0. The Morgan fingerprint density at radius 2 is 2.44 bits per heavy atom. The summed E-state index contributed by atoms with van der Waals surface area (Å²) in [6, 6.07) is 0. The highest BCUT2D eigenvalue weighted by Gasteiger charge is 2.13. The number of nitrogens with one attached hydrogen (secondary N) is 1. The van der Waals surface area contributed by atoms with Crippen LogP contribution in [0.4, 0.5) is 17.5 Å². The van der Waals surface area contributed by atoms with Crippen LogP contribution in [-0.4, -0.2) is 34.6 Å². The van der Waals surface area contributed by atoms with E-state index in [2.05, 4.69) is 21.9 Å². The van der Waals surface area contributed by atoms with Crippen LogP contribution in [-0.2, 0) is 4.74 Å². The molecule has 0 fully saturated rings. The second-order valence-electron chi connectivity index (χ2n) is 3.66. The molecule has 0 unspecified atom stereocenters. The fraction of sp³-hybridized carbons (Fsp3) is 0.400. The van der Waals surface area contributed by atoms with Gasteiger partial charge in [0.05, 0.1) is 18.1 Å². The van der Waals surface area contributed by atoms with Gasteiger partial charge in [0.15, 0.2) is 0 Å². The molecule has 0 saturated carbocycles. The van der Waals surface area contributed by atoms with Gasteiger partial charge in [-0.25, -0.2) is 4.98 Å². The number of nitrogens with zero attached hydrogens (tertiary/aromatic N) is 3. The Labute approximate surface area is 104 Å². The van der Waals surface area contributed by atoms with Crippen LogP contribution in [0.3, 0.4) is 0 Å². The first-order valence-electron chi connectivity index (χ1n) is 5.23. The molecule has 0 atom stereocenters. The van der Waals surface area contributed by atoms with E-state index < -0.39 is 4.92 Å². The number of nitro groups is 1. The van der Waals surface area contributed by atoms with E-state index in [4.69, 9.17) is 10.5 Å². The summed E-state index contributed by atoms with van der Waals surface area (Å²) in [7, 11) is 0. The molecule has 0 amide bonds. The Balaban J connectivity index is 2.42. The predicted molar refractivity (Wildman–Crippen MR) is 67.2 cm³/mol. The number of anilines is 2. The van der Waals surface area contributed by atoms with Crippen molar-refractivity contribution in [1.29, 1.82) is 0 Å². The van der Waals surface area contributed by atoms with E-state index in [1.165, 1.54) is 0 Å². The van der Waals surface area contributed by atoms with Gasteiger partial charge in [-0.2, -0.15) is 4.98 Å². The normalized spacial score (nSPS) is 10.1. The number of ether oxygens (including phenoxy) is 1. The first kappa shape index (κ1) is 13.8. The first-order chi connectivity index (χ1) is 8.50. The summed E-state index contributed by atoms with van der Waals surface area (Å²) in [6.45, 7) is 6.99. The lowest BCUT2D eigenvalue weighted by atomic mass is 10.4. The predicted octanol–water partition coefficient (Wildman–Crippen LogP) is 0.972. The van der Waals surface area contributed by atoms with Gasteiger partial charge in [-0.05, 0) is 6.92 Å². The summed E-state index contributed by atoms with van der Waals surface area (Å²) >= 11 is 0. The van der Waals surface area contributed by atoms with E-state index in [1.807, 2.05) is 6.92 Å². The molecule has 8 nitrogen and oxygen atoms in total. The lowest BCUT2D eigenvalue weighted by Gasteiger charge is -2.06.